The van der Waals surface area contributed by atoms with Crippen molar-refractivity contribution in [1.82, 2.24) is 14.8 Å². The number of aliphatic hydroxyl groups is 2. The number of halogens is 3. The fourth-order valence-corrected chi connectivity index (χ4v) is 6.10. The number of β-amino-alcohol motifs (C(OH)–C–C–N with tert-alkyl or cyclic N) is 1. The van der Waals surface area contributed by atoms with E-state index in [1.165, 1.54) is 6.07 Å². The first-order valence-electron chi connectivity index (χ1n) is 12.6. The van der Waals surface area contributed by atoms with Crippen LogP contribution in [0.25, 0.3) is 10.9 Å². The van der Waals surface area contributed by atoms with E-state index in [9.17, 15) is 14.6 Å². The second-order valence-electron chi connectivity index (χ2n) is 10.2. The van der Waals surface area contributed by atoms with E-state index in [2.05, 4.69) is 15.2 Å². The Labute approximate surface area is 231 Å². The Bertz CT molecular complexity index is 1270. The smallest absolute Gasteiger partial charge is 0.173 e. The lowest BCUT2D eigenvalue weighted by atomic mass is 9.84. The van der Waals surface area contributed by atoms with Gasteiger partial charge < -0.3 is 30.3 Å². The molecule has 0 radical (unpaired) electrons. The molecule has 2 aromatic carbocycles. The number of hydrogen-bond acceptors (Lipinski definition) is 4. The van der Waals surface area contributed by atoms with Crippen LogP contribution in [-0.2, 0) is 0 Å². The molecule has 0 bridgehead atoms. The first-order chi connectivity index (χ1) is 17.7. The molecule has 2 saturated heterocycles. The molecular weight excluding hydrogens is 534 g/mol. The summed E-state index contributed by atoms with van der Waals surface area (Å²) in [6.07, 6.45) is 3.86. The van der Waals surface area contributed by atoms with Gasteiger partial charge in [-0.2, -0.15) is 0 Å². The molecule has 37 heavy (non-hydrogen) atoms. The molecule has 5 rings (SSSR count). The molecule has 0 aliphatic carbocycles. The number of likely N-dealkylation sites (tertiary alicyclic amines) is 2. The summed E-state index contributed by atoms with van der Waals surface area (Å²) in [4.78, 5) is 7.47. The number of nitrogens with zero attached hydrogens (tertiary/aromatic N) is 2. The van der Waals surface area contributed by atoms with E-state index in [0.29, 0.717) is 53.6 Å². The highest BCUT2D eigenvalue weighted by molar-refractivity contribution is 7.80. The zero-order chi connectivity index (χ0) is 26.2. The average molecular weight is 566 g/mol. The van der Waals surface area contributed by atoms with Crippen LogP contribution in [0, 0.1) is 5.82 Å². The van der Waals surface area contributed by atoms with Gasteiger partial charge in [-0.1, -0.05) is 23.2 Å². The van der Waals surface area contributed by atoms with E-state index in [-0.39, 0.29) is 5.82 Å². The van der Waals surface area contributed by atoms with Gasteiger partial charge in [0.1, 0.15) is 5.82 Å². The van der Waals surface area contributed by atoms with Gasteiger partial charge >= 0.3 is 0 Å². The van der Waals surface area contributed by atoms with E-state index in [0.717, 1.165) is 48.1 Å². The Kier molecular flexibility index (Phi) is 7.96. The minimum Gasteiger partial charge on any atom is -0.389 e. The molecule has 3 aromatic rings. The lowest BCUT2D eigenvalue weighted by Crippen LogP contribution is -2.56. The second kappa shape index (κ2) is 11.0. The average Bonchev–Trinajstić information content (AvgIpc) is 3.30. The third-order valence-electron chi connectivity index (χ3n) is 7.84. The fourth-order valence-electron chi connectivity index (χ4n) is 5.50. The predicted molar refractivity (Wildman–Crippen MR) is 151 cm³/mol. The Hall–Kier alpha value is -1.94. The fraction of sp³-hybridized carbons (Fsp3) is 0.444. The predicted octanol–water partition coefficient (Wildman–Crippen LogP) is 5.38. The number of fused-ring (bicyclic) bond motifs is 1. The van der Waals surface area contributed by atoms with Gasteiger partial charge in [0, 0.05) is 42.4 Å². The van der Waals surface area contributed by atoms with Crippen molar-refractivity contribution in [3.8, 4) is 0 Å². The molecule has 10 heteroatoms. The number of H-pyrrole nitrogens is 1. The number of nitrogens with one attached hydrogen (secondary N) is 2. The zero-order valence-corrected chi connectivity index (χ0v) is 22.7. The summed E-state index contributed by atoms with van der Waals surface area (Å²) < 4.78 is 13.8. The van der Waals surface area contributed by atoms with E-state index in [1.807, 2.05) is 17.2 Å². The molecule has 0 amide bonds. The van der Waals surface area contributed by atoms with E-state index < -0.39 is 11.7 Å². The van der Waals surface area contributed by atoms with Crippen molar-refractivity contribution in [3.05, 3.63) is 64.0 Å². The molecular formula is C27H31Cl2FN4O2S. The van der Waals surface area contributed by atoms with Crippen molar-refractivity contribution >= 4 is 57.1 Å². The van der Waals surface area contributed by atoms with Gasteiger partial charge in [0.2, 0.25) is 0 Å². The summed E-state index contributed by atoms with van der Waals surface area (Å²) >= 11 is 17.6. The van der Waals surface area contributed by atoms with Gasteiger partial charge in [0.05, 0.1) is 21.8 Å². The molecule has 1 aromatic heterocycles. The molecule has 1 atom stereocenters. The van der Waals surface area contributed by atoms with Crippen molar-refractivity contribution in [2.24, 2.45) is 0 Å². The van der Waals surface area contributed by atoms with Crippen LogP contribution in [0.3, 0.4) is 0 Å². The minimum absolute atomic E-state index is 0.223. The monoisotopic (exact) mass is 564 g/mol. The number of aromatic amines is 1. The van der Waals surface area contributed by atoms with Gasteiger partial charge in [0.25, 0.3) is 0 Å². The highest BCUT2D eigenvalue weighted by Gasteiger charge is 2.40. The van der Waals surface area contributed by atoms with Gasteiger partial charge in [0.15, 0.2) is 5.11 Å². The van der Waals surface area contributed by atoms with E-state index >= 15 is 0 Å². The summed E-state index contributed by atoms with van der Waals surface area (Å²) in [5, 5.41) is 27.8. The van der Waals surface area contributed by atoms with Crippen LogP contribution in [0.2, 0.25) is 10.0 Å². The SMILES string of the molecule is OC(CN1CCC(c2c[nH]c3ccc(F)cc23)CC1)C1(O)CCN(C(=S)Nc2ccc(Cl)c(Cl)c2)CC1. The molecule has 2 aliphatic heterocycles. The topological polar surface area (TPSA) is 74.8 Å². The number of hydrogen-bond donors (Lipinski definition) is 4. The van der Waals surface area contributed by atoms with Crippen LogP contribution < -0.4 is 5.32 Å². The number of rotatable bonds is 5. The van der Waals surface area contributed by atoms with Crippen LogP contribution in [0.5, 0.6) is 0 Å². The maximum atomic E-state index is 13.8. The highest BCUT2D eigenvalue weighted by Crippen LogP contribution is 2.34. The lowest BCUT2D eigenvalue weighted by Gasteiger charge is -2.43. The van der Waals surface area contributed by atoms with Crippen molar-refractivity contribution < 1.29 is 14.6 Å². The Morgan fingerprint density at radius 3 is 2.54 bits per heavy atom. The summed E-state index contributed by atoms with van der Waals surface area (Å²) in [7, 11) is 0. The maximum Gasteiger partial charge on any atom is 0.173 e. The van der Waals surface area contributed by atoms with Gasteiger partial charge in [-0.3, -0.25) is 0 Å². The third-order valence-corrected chi connectivity index (χ3v) is 8.94. The standard InChI is InChI=1S/C27H31Cl2FN4O2S/c28-22-3-2-19(14-23(22)29)32-26(37)34-11-7-27(36,8-12-34)25(35)16-33-9-5-17(6-10-33)21-15-31-24-4-1-18(30)13-20(21)24/h1-4,13-15,17,25,31,35-36H,5-12,16H2,(H,32,37). The second-order valence-corrected chi connectivity index (χ2v) is 11.4. The Balaban J connectivity index is 1.11. The van der Waals surface area contributed by atoms with Crippen molar-refractivity contribution in [3.63, 3.8) is 0 Å². The Morgan fingerprint density at radius 1 is 1.11 bits per heavy atom. The number of aliphatic hydroxyl groups excluding tert-OH is 1. The summed E-state index contributed by atoms with van der Waals surface area (Å²) in [5.41, 5.74) is 1.71. The molecule has 0 saturated carbocycles. The molecule has 198 valence electrons. The van der Waals surface area contributed by atoms with Crippen LogP contribution in [0.15, 0.2) is 42.6 Å². The van der Waals surface area contributed by atoms with Crippen molar-refractivity contribution in [2.75, 3.05) is 38.0 Å². The minimum atomic E-state index is -1.15. The van der Waals surface area contributed by atoms with Gasteiger partial charge in [-0.05, 0) is 98.9 Å². The number of thiocarbonyl (C=S) groups is 1. The number of aromatic nitrogens is 1. The quantitative estimate of drug-likeness (QED) is 0.312. The van der Waals surface area contributed by atoms with Crippen molar-refractivity contribution in [2.45, 2.75) is 43.3 Å². The maximum absolute atomic E-state index is 13.8. The molecule has 6 nitrogen and oxygen atoms in total. The van der Waals surface area contributed by atoms with Crippen LogP contribution in [0.1, 0.15) is 37.2 Å². The number of piperidine rings is 2. The first-order valence-corrected chi connectivity index (χ1v) is 13.8. The van der Waals surface area contributed by atoms with E-state index in [4.69, 9.17) is 35.4 Å². The van der Waals surface area contributed by atoms with E-state index in [1.54, 1.807) is 24.3 Å². The molecule has 2 fully saturated rings. The number of benzene rings is 2. The Morgan fingerprint density at radius 2 is 1.84 bits per heavy atom. The lowest BCUT2D eigenvalue weighted by molar-refractivity contribution is -0.112. The molecule has 1 unspecified atom stereocenters. The summed E-state index contributed by atoms with van der Waals surface area (Å²) in [5.74, 6) is 0.124. The number of anilines is 1. The summed E-state index contributed by atoms with van der Waals surface area (Å²) in [6.45, 7) is 3.16. The third kappa shape index (κ3) is 5.90. The molecule has 4 N–H and O–H groups in total. The van der Waals surface area contributed by atoms with Crippen LogP contribution in [0.4, 0.5) is 10.1 Å². The van der Waals surface area contributed by atoms with Crippen molar-refractivity contribution in [1.29, 1.82) is 0 Å². The molecule has 3 heterocycles. The zero-order valence-electron chi connectivity index (χ0n) is 20.4. The highest BCUT2D eigenvalue weighted by atomic mass is 35.5. The summed E-state index contributed by atoms with van der Waals surface area (Å²) in [6, 6.07) is 10.1. The van der Waals surface area contributed by atoms with Crippen LogP contribution >= 0.6 is 35.4 Å². The van der Waals surface area contributed by atoms with Crippen LogP contribution in [-0.4, -0.2) is 74.5 Å². The molecule has 2 aliphatic rings. The van der Waals surface area contributed by atoms with Gasteiger partial charge in [-0.25, -0.2) is 4.39 Å². The largest absolute Gasteiger partial charge is 0.389 e. The first kappa shape index (κ1) is 26.7. The van der Waals surface area contributed by atoms with Gasteiger partial charge in [-0.15, -0.1) is 0 Å². The molecule has 0 spiro atoms. The normalized spacial score (nSPS) is 19.8.